The Hall–Kier alpha value is -1.96. The standard InChI is InChI=1S/C13H5BrF5NO/c14-7-3-6(15)4-10(18)12(7)20-13(21)5-1-8(16)11(19)9(17)2-5/h1-4H,(H,20,21). The van der Waals surface area contributed by atoms with Crippen LogP contribution in [0.15, 0.2) is 28.7 Å². The first-order chi connectivity index (χ1) is 9.79. The summed E-state index contributed by atoms with van der Waals surface area (Å²) in [4.78, 5) is 11.8. The van der Waals surface area contributed by atoms with Gasteiger partial charge in [-0.3, -0.25) is 4.79 Å². The number of halogens is 6. The molecule has 0 unspecified atom stereocenters. The molecule has 0 aliphatic carbocycles. The fraction of sp³-hybridized carbons (Fsp3) is 0. The van der Waals surface area contributed by atoms with Gasteiger partial charge in [0, 0.05) is 16.1 Å². The highest BCUT2D eigenvalue weighted by Crippen LogP contribution is 2.27. The van der Waals surface area contributed by atoms with Crippen molar-refractivity contribution < 1.29 is 26.7 Å². The van der Waals surface area contributed by atoms with Crippen molar-refractivity contribution in [2.24, 2.45) is 0 Å². The number of benzene rings is 2. The molecule has 0 heterocycles. The highest BCUT2D eigenvalue weighted by atomic mass is 79.9. The SMILES string of the molecule is O=C(Nc1c(F)cc(F)cc1Br)c1cc(F)c(F)c(F)c1. The second kappa shape index (κ2) is 5.80. The molecule has 0 spiro atoms. The number of anilines is 1. The van der Waals surface area contributed by atoms with Gasteiger partial charge in [0.2, 0.25) is 0 Å². The molecule has 0 fully saturated rings. The maximum absolute atomic E-state index is 13.5. The molecule has 8 heteroatoms. The molecule has 0 bridgehead atoms. The molecule has 2 aromatic rings. The molecule has 0 radical (unpaired) electrons. The topological polar surface area (TPSA) is 29.1 Å². The normalized spacial score (nSPS) is 10.6. The third-order valence-corrected chi connectivity index (χ3v) is 3.12. The maximum Gasteiger partial charge on any atom is 0.255 e. The van der Waals surface area contributed by atoms with E-state index in [1.807, 2.05) is 5.32 Å². The molecule has 0 aromatic heterocycles. The van der Waals surface area contributed by atoms with Crippen molar-refractivity contribution in [2.45, 2.75) is 0 Å². The van der Waals surface area contributed by atoms with Gasteiger partial charge in [-0.2, -0.15) is 0 Å². The van der Waals surface area contributed by atoms with Gasteiger partial charge in [0.25, 0.3) is 5.91 Å². The third-order valence-electron chi connectivity index (χ3n) is 2.49. The van der Waals surface area contributed by atoms with Gasteiger partial charge in [-0.05, 0) is 34.1 Å². The van der Waals surface area contributed by atoms with Gasteiger partial charge in [0.15, 0.2) is 23.3 Å². The molecule has 0 aliphatic heterocycles. The molecule has 2 nitrogen and oxygen atoms in total. The highest BCUT2D eigenvalue weighted by Gasteiger charge is 2.18. The monoisotopic (exact) mass is 365 g/mol. The Morgan fingerprint density at radius 1 is 0.905 bits per heavy atom. The molecule has 21 heavy (non-hydrogen) atoms. The van der Waals surface area contributed by atoms with Crippen molar-refractivity contribution in [2.75, 3.05) is 5.32 Å². The summed E-state index contributed by atoms with van der Waals surface area (Å²) >= 11 is 2.84. The molecule has 1 amide bonds. The molecule has 0 atom stereocenters. The van der Waals surface area contributed by atoms with E-state index in [1.165, 1.54) is 0 Å². The number of nitrogens with one attached hydrogen (secondary N) is 1. The molecule has 2 rings (SSSR count). The summed E-state index contributed by atoms with van der Waals surface area (Å²) in [5, 5.41) is 2.01. The summed E-state index contributed by atoms with van der Waals surface area (Å²) < 4.78 is 65.1. The lowest BCUT2D eigenvalue weighted by molar-refractivity contribution is 0.102. The van der Waals surface area contributed by atoms with Crippen LogP contribution in [0.3, 0.4) is 0 Å². The number of carbonyl (C=O) groups excluding carboxylic acids is 1. The average Bonchev–Trinajstić information content (AvgIpc) is 2.39. The molecule has 1 N–H and O–H groups in total. The van der Waals surface area contributed by atoms with Crippen LogP contribution in [-0.4, -0.2) is 5.91 Å². The minimum Gasteiger partial charge on any atom is -0.319 e. The molecule has 0 aliphatic rings. The zero-order valence-corrected chi connectivity index (χ0v) is 11.6. The number of rotatable bonds is 2. The summed E-state index contributed by atoms with van der Waals surface area (Å²) in [6, 6.07) is 2.34. The van der Waals surface area contributed by atoms with Crippen LogP contribution in [0.4, 0.5) is 27.6 Å². The van der Waals surface area contributed by atoms with E-state index in [9.17, 15) is 26.7 Å². The lowest BCUT2D eigenvalue weighted by Gasteiger charge is -2.09. The zero-order valence-electron chi connectivity index (χ0n) is 9.99. The van der Waals surface area contributed by atoms with Gasteiger partial charge >= 0.3 is 0 Å². The van der Waals surface area contributed by atoms with E-state index >= 15 is 0 Å². The van der Waals surface area contributed by atoms with Crippen LogP contribution in [-0.2, 0) is 0 Å². The number of hydrogen-bond acceptors (Lipinski definition) is 1. The zero-order chi connectivity index (χ0) is 15.7. The molecule has 0 saturated carbocycles. The van der Waals surface area contributed by atoms with Crippen LogP contribution in [0.1, 0.15) is 10.4 Å². The summed E-state index contributed by atoms with van der Waals surface area (Å²) in [6.07, 6.45) is 0. The Bertz CT molecular complexity index is 688. The fourth-order valence-corrected chi connectivity index (χ4v) is 2.04. The van der Waals surface area contributed by atoms with Crippen LogP contribution in [0, 0.1) is 29.1 Å². The van der Waals surface area contributed by atoms with Crippen LogP contribution in [0.5, 0.6) is 0 Å². The average molecular weight is 366 g/mol. The van der Waals surface area contributed by atoms with Gasteiger partial charge < -0.3 is 5.32 Å². The van der Waals surface area contributed by atoms with Crippen LogP contribution >= 0.6 is 15.9 Å². The maximum atomic E-state index is 13.5. The van der Waals surface area contributed by atoms with Crippen LogP contribution < -0.4 is 5.32 Å². The Morgan fingerprint density at radius 2 is 1.48 bits per heavy atom. The molecule has 110 valence electrons. The number of amides is 1. The van der Waals surface area contributed by atoms with E-state index in [2.05, 4.69) is 15.9 Å². The van der Waals surface area contributed by atoms with Gasteiger partial charge in [0.05, 0.1) is 5.69 Å². The predicted octanol–water partition coefficient (Wildman–Crippen LogP) is 4.40. The quantitative estimate of drug-likeness (QED) is 0.620. The first kappa shape index (κ1) is 15.4. The van der Waals surface area contributed by atoms with E-state index in [0.717, 1.165) is 6.07 Å². The second-order valence-corrected chi connectivity index (χ2v) is 4.81. The van der Waals surface area contributed by atoms with E-state index in [-0.39, 0.29) is 4.47 Å². The molecular weight excluding hydrogens is 361 g/mol. The number of carbonyl (C=O) groups is 1. The predicted molar refractivity (Wildman–Crippen MR) is 68.3 cm³/mol. The number of hydrogen-bond donors (Lipinski definition) is 1. The van der Waals surface area contributed by atoms with Crippen molar-refractivity contribution in [1.82, 2.24) is 0 Å². The summed E-state index contributed by atoms with van der Waals surface area (Å²) in [5.74, 6) is -7.88. The summed E-state index contributed by atoms with van der Waals surface area (Å²) in [7, 11) is 0. The second-order valence-electron chi connectivity index (χ2n) is 3.95. The van der Waals surface area contributed by atoms with Gasteiger partial charge in [-0.1, -0.05) is 0 Å². The minimum atomic E-state index is -1.72. The van der Waals surface area contributed by atoms with Crippen molar-refractivity contribution in [3.8, 4) is 0 Å². The Labute approximate surface area is 123 Å². The van der Waals surface area contributed by atoms with Gasteiger partial charge in [0.1, 0.15) is 5.82 Å². The summed E-state index contributed by atoms with van der Waals surface area (Å²) in [5.41, 5.74) is -0.964. The van der Waals surface area contributed by atoms with Crippen molar-refractivity contribution in [3.63, 3.8) is 0 Å². The highest BCUT2D eigenvalue weighted by molar-refractivity contribution is 9.10. The fourth-order valence-electron chi connectivity index (χ4n) is 1.53. The molecule has 0 saturated heterocycles. The smallest absolute Gasteiger partial charge is 0.255 e. The van der Waals surface area contributed by atoms with E-state index in [4.69, 9.17) is 0 Å². The van der Waals surface area contributed by atoms with Crippen molar-refractivity contribution >= 4 is 27.5 Å². The first-order valence-electron chi connectivity index (χ1n) is 5.40. The summed E-state index contributed by atoms with van der Waals surface area (Å²) in [6.45, 7) is 0. The lowest BCUT2D eigenvalue weighted by Crippen LogP contribution is -2.15. The van der Waals surface area contributed by atoms with E-state index < -0.39 is 46.2 Å². The Kier molecular flexibility index (Phi) is 4.26. The van der Waals surface area contributed by atoms with Crippen molar-refractivity contribution in [1.29, 1.82) is 0 Å². The lowest BCUT2D eigenvalue weighted by atomic mass is 10.2. The molecular formula is C13H5BrF5NO. The van der Waals surface area contributed by atoms with E-state index in [0.29, 0.717) is 18.2 Å². The first-order valence-corrected chi connectivity index (χ1v) is 6.19. The van der Waals surface area contributed by atoms with Crippen LogP contribution in [0.25, 0.3) is 0 Å². The minimum absolute atomic E-state index is 0.101. The van der Waals surface area contributed by atoms with Gasteiger partial charge in [-0.25, -0.2) is 22.0 Å². The van der Waals surface area contributed by atoms with Crippen molar-refractivity contribution in [3.05, 3.63) is 63.4 Å². The largest absolute Gasteiger partial charge is 0.319 e. The van der Waals surface area contributed by atoms with Gasteiger partial charge in [-0.15, -0.1) is 0 Å². The van der Waals surface area contributed by atoms with Crippen LogP contribution in [0.2, 0.25) is 0 Å². The molecule has 2 aromatic carbocycles. The van der Waals surface area contributed by atoms with E-state index in [1.54, 1.807) is 0 Å². The third kappa shape index (κ3) is 3.21. The Balaban J connectivity index is 2.35. The Morgan fingerprint density at radius 3 is 2.00 bits per heavy atom.